The Bertz CT molecular complexity index is 366. The van der Waals surface area contributed by atoms with Crippen LogP contribution in [0.15, 0.2) is 6.33 Å². The molecular formula is C11H18N4O2. The predicted octanol–water partition coefficient (Wildman–Crippen LogP) is 1.05. The molecule has 0 aromatic carbocycles. The van der Waals surface area contributed by atoms with Crippen molar-refractivity contribution < 1.29 is 9.47 Å². The van der Waals surface area contributed by atoms with E-state index in [1.165, 1.54) is 12.7 Å². The second kappa shape index (κ2) is 5.67. The number of anilines is 2. The molecule has 0 saturated carbocycles. The summed E-state index contributed by atoms with van der Waals surface area (Å²) in [6.45, 7) is 1.56. The monoisotopic (exact) mass is 238 g/mol. The zero-order valence-electron chi connectivity index (χ0n) is 9.98. The number of ether oxygens (including phenoxy) is 2. The van der Waals surface area contributed by atoms with Gasteiger partial charge in [-0.1, -0.05) is 0 Å². The van der Waals surface area contributed by atoms with Crippen LogP contribution in [0.4, 0.5) is 11.6 Å². The number of rotatable bonds is 4. The maximum atomic E-state index is 5.69. The Morgan fingerprint density at radius 3 is 3.12 bits per heavy atom. The van der Waals surface area contributed by atoms with Crippen molar-refractivity contribution in [3.05, 3.63) is 6.33 Å². The lowest BCUT2D eigenvalue weighted by Gasteiger charge is -2.23. The Morgan fingerprint density at radius 1 is 1.53 bits per heavy atom. The SMILES string of the molecule is COc1c(N)ncnc1NCC1CCCCO1. The lowest BCUT2D eigenvalue weighted by Crippen LogP contribution is -2.27. The van der Waals surface area contributed by atoms with E-state index in [2.05, 4.69) is 15.3 Å². The summed E-state index contributed by atoms with van der Waals surface area (Å²) in [5, 5.41) is 3.19. The van der Waals surface area contributed by atoms with Gasteiger partial charge in [0.1, 0.15) is 6.33 Å². The summed E-state index contributed by atoms with van der Waals surface area (Å²) in [4.78, 5) is 7.99. The second-order valence-corrected chi connectivity index (χ2v) is 4.01. The second-order valence-electron chi connectivity index (χ2n) is 4.01. The molecule has 0 aliphatic carbocycles. The molecule has 17 heavy (non-hydrogen) atoms. The molecule has 2 heterocycles. The number of hydrogen-bond donors (Lipinski definition) is 2. The van der Waals surface area contributed by atoms with Crippen LogP contribution in [0, 0.1) is 0 Å². The lowest BCUT2D eigenvalue weighted by molar-refractivity contribution is 0.0247. The maximum Gasteiger partial charge on any atom is 0.203 e. The summed E-state index contributed by atoms with van der Waals surface area (Å²) in [5.41, 5.74) is 5.69. The fraction of sp³-hybridized carbons (Fsp3) is 0.636. The van der Waals surface area contributed by atoms with Crippen molar-refractivity contribution in [3.63, 3.8) is 0 Å². The van der Waals surface area contributed by atoms with Crippen LogP contribution in [0.2, 0.25) is 0 Å². The van der Waals surface area contributed by atoms with Gasteiger partial charge in [-0.05, 0) is 19.3 Å². The van der Waals surface area contributed by atoms with Crippen LogP contribution in [0.1, 0.15) is 19.3 Å². The molecule has 1 aliphatic rings. The first kappa shape index (κ1) is 11.9. The quantitative estimate of drug-likeness (QED) is 0.815. The van der Waals surface area contributed by atoms with Crippen molar-refractivity contribution in [3.8, 4) is 5.75 Å². The van der Waals surface area contributed by atoms with Crippen molar-refractivity contribution >= 4 is 11.6 Å². The Hall–Kier alpha value is -1.56. The van der Waals surface area contributed by atoms with Crippen molar-refractivity contribution in [1.82, 2.24) is 9.97 Å². The minimum Gasteiger partial charge on any atom is -0.490 e. The Labute approximate surface area is 101 Å². The van der Waals surface area contributed by atoms with Gasteiger partial charge in [0.05, 0.1) is 13.2 Å². The van der Waals surface area contributed by atoms with Gasteiger partial charge in [0.2, 0.25) is 5.75 Å². The number of aromatic nitrogens is 2. The molecule has 1 aromatic heterocycles. The molecule has 0 spiro atoms. The van der Waals surface area contributed by atoms with Gasteiger partial charge in [-0.15, -0.1) is 0 Å². The van der Waals surface area contributed by atoms with E-state index in [4.69, 9.17) is 15.2 Å². The highest BCUT2D eigenvalue weighted by Gasteiger charge is 2.15. The minimum absolute atomic E-state index is 0.240. The van der Waals surface area contributed by atoms with E-state index in [0.29, 0.717) is 23.9 Å². The number of methoxy groups -OCH3 is 1. The first-order valence-corrected chi connectivity index (χ1v) is 5.81. The summed E-state index contributed by atoms with van der Waals surface area (Å²) in [6, 6.07) is 0. The summed E-state index contributed by atoms with van der Waals surface area (Å²) in [6.07, 6.45) is 5.11. The van der Waals surface area contributed by atoms with Gasteiger partial charge in [-0.3, -0.25) is 0 Å². The molecule has 0 amide bonds. The van der Waals surface area contributed by atoms with Crippen molar-refractivity contribution in [2.45, 2.75) is 25.4 Å². The van der Waals surface area contributed by atoms with E-state index < -0.39 is 0 Å². The van der Waals surface area contributed by atoms with Crippen LogP contribution >= 0.6 is 0 Å². The number of nitrogens with one attached hydrogen (secondary N) is 1. The fourth-order valence-corrected chi connectivity index (χ4v) is 1.89. The molecule has 1 unspecified atom stereocenters. The summed E-state index contributed by atoms with van der Waals surface area (Å²) in [7, 11) is 1.55. The standard InChI is InChI=1S/C11H18N4O2/c1-16-9-10(12)14-7-15-11(9)13-6-8-4-2-3-5-17-8/h7-8H,2-6H2,1H3,(H3,12,13,14,15). The van der Waals surface area contributed by atoms with Gasteiger partial charge in [0.25, 0.3) is 0 Å². The normalized spacial score (nSPS) is 19.9. The molecule has 1 fully saturated rings. The molecule has 94 valence electrons. The van der Waals surface area contributed by atoms with Crippen LogP contribution < -0.4 is 15.8 Å². The number of nitrogens with two attached hydrogens (primary N) is 1. The number of nitrogens with zero attached hydrogens (tertiary/aromatic N) is 2. The van der Waals surface area contributed by atoms with Gasteiger partial charge in [-0.2, -0.15) is 0 Å². The first-order valence-electron chi connectivity index (χ1n) is 5.81. The van der Waals surface area contributed by atoms with E-state index >= 15 is 0 Å². The Balaban J connectivity index is 1.95. The average molecular weight is 238 g/mol. The maximum absolute atomic E-state index is 5.69. The van der Waals surface area contributed by atoms with Crippen LogP contribution in [0.25, 0.3) is 0 Å². The topological polar surface area (TPSA) is 82.3 Å². The highest BCUT2D eigenvalue weighted by Crippen LogP contribution is 2.26. The summed E-state index contributed by atoms with van der Waals surface area (Å²) >= 11 is 0. The molecule has 6 heteroatoms. The minimum atomic E-state index is 0.240. The van der Waals surface area contributed by atoms with Crippen molar-refractivity contribution in [1.29, 1.82) is 0 Å². The molecule has 2 rings (SSSR count). The molecule has 6 nitrogen and oxygen atoms in total. The zero-order valence-corrected chi connectivity index (χ0v) is 9.98. The van der Waals surface area contributed by atoms with Crippen molar-refractivity contribution in [2.75, 3.05) is 31.3 Å². The molecule has 1 aliphatic heterocycles. The molecule has 1 atom stereocenters. The van der Waals surface area contributed by atoms with Crippen LogP contribution in [0.5, 0.6) is 5.75 Å². The summed E-state index contributed by atoms with van der Waals surface area (Å²) < 4.78 is 10.8. The first-order chi connectivity index (χ1) is 8.31. The third-order valence-electron chi connectivity index (χ3n) is 2.81. The molecule has 1 aromatic rings. The number of nitrogen functional groups attached to an aromatic ring is 1. The van der Waals surface area contributed by atoms with E-state index in [1.807, 2.05) is 0 Å². The fourth-order valence-electron chi connectivity index (χ4n) is 1.89. The Kier molecular flexibility index (Phi) is 3.98. The highest BCUT2D eigenvalue weighted by molar-refractivity contribution is 5.61. The van der Waals surface area contributed by atoms with Gasteiger partial charge in [0, 0.05) is 13.2 Å². The van der Waals surface area contributed by atoms with Gasteiger partial charge in [0.15, 0.2) is 11.6 Å². The van der Waals surface area contributed by atoms with E-state index in [1.54, 1.807) is 7.11 Å². The van der Waals surface area contributed by atoms with E-state index in [9.17, 15) is 0 Å². The van der Waals surface area contributed by atoms with Crippen molar-refractivity contribution in [2.24, 2.45) is 0 Å². The molecular weight excluding hydrogens is 220 g/mol. The lowest BCUT2D eigenvalue weighted by atomic mass is 10.1. The zero-order chi connectivity index (χ0) is 12.1. The average Bonchev–Trinajstić information content (AvgIpc) is 2.37. The highest BCUT2D eigenvalue weighted by atomic mass is 16.5. The largest absolute Gasteiger partial charge is 0.490 e. The van der Waals surface area contributed by atoms with Crippen LogP contribution in [-0.4, -0.2) is 36.3 Å². The Morgan fingerprint density at radius 2 is 2.41 bits per heavy atom. The third kappa shape index (κ3) is 2.97. The van der Waals surface area contributed by atoms with Gasteiger partial charge >= 0.3 is 0 Å². The van der Waals surface area contributed by atoms with Crippen LogP contribution in [-0.2, 0) is 4.74 Å². The van der Waals surface area contributed by atoms with E-state index in [-0.39, 0.29) is 6.10 Å². The predicted molar refractivity (Wildman–Crippen MR) is 65.1 cm³/mol. The van der Waals surface area contributed by atoms with Gasteiger partial charge < -0.3 is 20.5 Å². The molecule has 0 radical (unpaired) electrons. The molecule has 0 bridgehead atoms. The van der Waals surface area contributed by atoms with E-state index in [0.717, 1.165) is 19.4 Å². The molecule has 3 N–H and O–H groups in total. The summed E-state index contributed by atoms with van der Waals surface area (Å²) in [5.74, 6) is 1.45. The van der Waals surface area contributed by atoms with Gasteiger partial charge in [-0.25, -0.2) is 9.97 Å². The molecule has 1 saturated heterocycles. The third-order valence-corrected chi connectivity index (χ3v) is 2.81. The smallest absolute Gasteiger partial charge is 0.203 e. The van der Waals surface area contributed by atoms with Crippen LogP contribution in [0.3, 0.4) is 0 Å². The number of hydrogen-bond acceptors (Lipinski definition) is 6.